The van der Waals surface area contributed by atoms with Crippen molar-refractivity contribution < 1.29 is 9.90 Å². The summed E-state index contributed by atoms with van der Waals surface area (Å²) in [6.07, 6.45) is 1.90. The molecule has 1 aromatic heterocycles. The van der Waals surface area contributed by atoms with Crippen LogP contribution in [0, 0.1) is 0 Å². The number of carbonyl (C=O) groups is 1. The number of fused-ring (bicyclic) bond motifs is 1. The Kier molecular flexibility index (Phi) is 2.79. The number of hydrogen-bond acceptors (Lipinski definition) is 4. The molecule has 0 fully saturated rings. The fourth-order valence-corrected chi connectivity index (χ4v) is 2.30. The van der Waals surface area contributed by atoms with Crippen LogP contribution in [0.4, 0.5) is 0 Å². The Bertz CT molecular complexity index is 635. The molecule has 2 heterocycles. The molecule has 19 heavy (non-hydrogen) atoms. The topological polar surface area (TPSA) is 94.0 Å². The van der Waals surface area contributed by atoms with Crippen LogP contribution in [0.15, 0.2) is 24.3 Å². The van der Waals surface area contributed by atoms with Crippen LogP contribution in [0.3, 0.4) is 0 Å². The molecule has 3 N–H and O–H groups in total. The Labute approximate surface area is 109 Å². The molecule has 2 aromatic rings. The van der Waals surface area contributed by atoms with Crippen molar-refractivity contribution in [3.8, 4) is 11.4 Å². The van der Waals surface area contributed by atoms with Crippen molar-refractivity contribution in [3.05, 3.63) is 35.7 Å². The lowest BCUT2D eigenvalue weighted by atomic mass is 10.1. The van der Waals surface area contributed by atoms with E-state index >= 15 is 0 Å². The number of rotatable bonds is 2. The normalized spacial score (nSPS) is 18.1. The highest BCUT2D eigenvalue weighted by molar-refractivity contribution is 5.89. The lowest BCUT2D eigenvalue weighted by molar-refractivity contribution is 0.0697. The minimum atomic E-state index is -0.956. The van der Waals surface area contributed by atoms with Gasteiger partial charge < -0.3 is 10.8 Å². The minimum absolute atomic E-state index is 0.0855. The zero-order valence-electron chi connectivity index (χ0n) is 10.3. The standard InChI is InChI=1S/C13H14N4O2/c14-10-5-2-6-17-12(10)15-11(16-17)8-3-1-4-9(7-8)13(18)19/h1,3-4,7,10H,2,5-6,14H2,(H,18,19). The molecule has 0 radical (unpaired) electrons. The monoisotopic (exact) mass is 258 g/mol. The number of aryl methyl sites for hydroxylation is 1. The van der Waals surface area contributed by atoms with Crippen LogP contribution < -0.4 is 5.73 Å². The lowest BCUT2D eigenvalue weighted by Gasteiger charge is -2.17. The molecule has 1 aromatic carbocycles. The Hall–Kier alpha value is -2.21. The van der Waals surface area contributed by atoms with Crippen LogP contribution in [0.1, 0.15) is 35.1 Å². The minimum Gasteiger partial charge on any atom is -0.478 e. The largest absolute Gasteiger partial charge is 0.478 e. The van der Waals surface area contributed by atoms with Crippen LogP contribution in [-0.4, -0.2) is 25.8 Å². The van der Waals surface area contributed by atoms with Crippen LogP contribution in [0.25, 0.3) is 11.4 Å². The van der Waals surface area contributed by atoms with Gasteiger partial charge in [0.05, 0.1) is 11.6 Å². The van der Waals surface area contributed by atoms with E-state index in [1.54, 1.807) is 24.3 Å². The van der Waals surface area contributed by atoms with Gasteiger partial charge >= 0.3 is 5.97 Å². The molecule has 1 unspecified atom stereocenters. The molecule has 0 aliphatic carbocycles. The fourth-order valence-electron chi connectivity index (χ4n) is 2.30. The molecule has 6 heteroatoms. The van der Waals surface area contributed by atoms with Gasteiger partial charge in [0.1, 0.15) is 5.82 Å². The average Bonchev–Trinajstić information content (AvgIpc) is 2.84. The smallest absolute Gasteiger partial charge is 0.335 e. The van der Waals surface area contributed by atoms with E-state index in [-0.39, 0.29) is 11.6 Å². The summed E-state index contributed by atoms with van der Waals surface area (Å²) in [6, 6.07) is 6.54. The quantitative estimate of drug-likeness (QED) is 0.850. The van der Waals surface area contributed by atoms with Gasteiger partial charge in [0.15, 0.2) is 5.82 Å². The first-order valence-corrected chi connectivity index (χ1v) is 6.19. The summed E-state index contributed by atoms with van der Waals surface area (Å²) in [4.78, 5) is 15.4. The van der Waals surface area contributed by atoms with Crippen molar-refractivity contribution in [2.24, 2.45) is 5.73 Å². The number of nitrogens with two attached hydrogens (primary N) is 1. The highest BCUT2D eigenvalue weighted by Crippen LogP contribution is 2.24. The Morgan fingerprint density at radius 2 is 2.32 bits per heavy atom. The van der Waals surface area contributed by atoms with Crippen molar-refractivity contribution in [2.75, 3.05) is 0 Å². The van der Waals surface area contributed by atoms with Crippen molar-refractivity contribution >= 4 is 5.97 Å². The summed E-state index contributed by atoms with van der Waals surface area (Å²) in [5.41, 5.74) is 6.93. The van der Waals surface area contributed by atoms with E-state index in [0.29, 0.717) is 11.4 Å². The SMILES string of the molecule is NC1CCCn2nc(-c3cccc(C(=O)O)c3)nc21. The predicted octanol–water partition coefficient (Wildman–Crippen LogP) is 1.44. The number of carboxylic acid groups (broad SMARTS) is 1. The summed E-state index contributed by atoms with van der Waals surface area (Å²) in [5, 5.41) is 13.4. The first-order chi connectivity index (χ1) is 9.15. The van der Waals surface area contributed by atoms with Gasteiger partial charge in [-0.15, -0.1) is 0 Å². The highest BCUT2D eigenvalue weighted by atomic mass is 16.4. The second-order valence-corrected chi connectivity index (χ2v) is 4.65. The van der Waals surface area contributed by atoms with Crippen LogP contribution in [0.5, 0.6) is 0 Å². The summed E-state index contributed by atoms with van der Waals surface area (Å²) in [5.74, 6) is 0.361. The zero-order valence-corrected chi connectivity index (χ0v) is 10.3. The van der Waals surface area contributed by atoms with Crippen LogP contribution >= 0.6 is 0 Å². The third kappa shape index (κ3) is 2.10. The van der Waals surface area contributed by atoms with E-state index in [1.165, 1.54) is 0 Å². The van der Waals surface area contributed by atoms with Gasteiger partial charge in [-0.05, 0) is 25.0 Å². The number of hydrogen-bond donors (Lipinski definition) is 2. The maximum absolute atomic E-state index is 11.0. The van der Waals surface area contributed by atoms with E-state index in [0.717, 1.165) is 25.2 Å². The summed E-state index contributed by atoms with van der Waals surface area (Å²) in [7, 11) is 0. The number of carboxylic acids is 1. The fraction of sp³-hybridized carbons (Fsp3) is 0.308. The third-order valence-electron chi connectivity index (χ3n) is 3.28. The first kappa shape index (κ1) is 11.9. The second kappa shape index (κ2) is 4.47. The number of nitrogens with zero attached hydrogens (tertiary/aromatic N) is 3. The van der Waals surface area contributed by atoms with Gasteiger partial charge in [0.25, 0.3) is 0 Å². The highest BCUT2D eigenvalue weighted by Gasteiger charge is 2.21. The maximum Gasteiger partial charge on any atom is 0.335 e. The maximum atomic E-state index is 11.0. The molecule has 0 saturated heterocycles. The number of aromatic carboxylic acids is 1. The molecule has 0 bridgehead atoms. The average molecular weight is 258 g/mol. The van der Waals surface area contributed by atoms with Crippen molar-refractivity contribution in [3.63, 3.8) is 0 Å². The lowest BCUT2D eigenvalue weighted by Crippen LogP contribution is -2.22. The molecule has 1 aliphatic heterocycles. The Morgan fingerprint density at radius 3 is 3.05 bits per heavy atom. The first-order valence-electron chi connectivity index (χ1n) is 6.19. The molecular weight excluding hydrogens is 244 g/mol. The van der Waals surface area contributed by atoms with Crippen molar-refractivity contribution in [1.29, 1.82) is 0 Å². The van der Waals surface area contributed by atoms with Gasteiger partial charge in [-0.1, -0.05) is 12.1 Å². The predicted molar refractivity (Wildman–Crippen MR) is 68.6 cm³/mol. The van der Waals surface area contributed by atoms with E-state index < -0.39 is 5.97 Å². The number of benzene rings is 1. The van der Waals surface area contributed by atoms with Crippen LogP contribution in [-0.2, 0) is 6.54 Å². The molecule has 6 nitrogen and oxygen atoms in total. The van der Waals surface area contributed by atoms with E-state index in [1.807, 2.05) is 4.68 Å². The Balaban J connectivity index is 2.03. The van der Waals surface area contributed by atoms with Gasteiger partial charge in [-0.25, -0.2) is 14.5 Å². The second-order valence-electron chi connectivity index (χ2n) is 4.65. The van der Waals surface area contributed by atoms with E-state index in [4.69, 9.17) is 10.8 Å². The summed E-state index contributed by atoms with van der Waals surface area (Å²) < 4.78 is 1.82. The van der Waals surface area contributed by atoms with Gasteiger partial charge in [-0.3, -0.25) is 0 Å². The molecular formula is C13H14N4O2. The summed E-state index contributed by atoms with van der Waals surface area (Å²) >= 11 is 0. The summed E-state index contributed by atoms with van der Waals surface area (Å²) in [6.45, 7) is 0.814. The molecule has 3 rings (SSSR count). The van der Waals surface area contributed by atoms with Crippen molar-refractivity contribution in [2.45, 2.75) is 25.4 Å². The third-order valence-corrected chi connectivity index (χ3v) is 3.28. The molecule has 0 spiro atoms. The van der Waals surface area contributed by atoms with Crippen LogP contribution in [0.2, 0.25) is 0 Å². The van der Waals surface area contributed by atoms with E-state index in [2.05, 4.69) is 10.1 Å². The molecule has 1 atom stereocenters. The zero-order chi connectivity index (χ0) is 13.4. The number of aromatic nitrogens is 3. The van der Waals surface area contributed by atoms with Gasteiger partial charge in [0, 0.05) is 12.1 Å². The molecule has 0 saturated carbocycles. The molecule has 98 valence electrons. The van der Waals surface area contributed by atoms with Crippen molar-refractivity contribution in [1.82, 2.24) is 14.8 Å². The Morgan fingerprint density at radius 1 is 1.47 bits per heavy atom. The van der Waals surface area contributed by atoms with Gasteiger partial charge in [0.2, 0.25) is 0 Å². The molecule has 1 aliphatic rings. The van der Waals surface area contributed by atoms with E-state index in [9.17, 15) is 4.79 Å². The molecule has 0 amide bonds. The van der Waals surface area contributed by atoms with Gasteiger partial charge in [-0.2, -0.15) is 5.10 Å².